The molecule has 0 saturated carbocycles. The average Bonchev–Trinajstić information content (AvgIpc) is 3.25. The fourth-order valence-electron chi connectivity index (χ4n) is 3.59. The summed E-state index contributed by atoms with van der Waals surface area (Å²) in [6.45, 7) is 3.72. The van der Waals surface area contributed by atoms with E-state index in [4.69, 9.17) is 4.74 Å². The van der Waals surface area contributed by atoms with Crippen molar-refractivity contribution >= 4 is 17.9 Å². The number of dihydropyridines is 1. The number of carbonyl (C=O) groups is 1. The number of amides is 1. The lowest BCUT2D eigenvalue weighted by Crippen LogP contribution is -2.35. The first-order valence-corrected chi connectivity index (χ1v) is 10.3. The van der Waals surface area contributed by atoms with Crippen LogP contribution in [0.1, 0.15) is 34.8 Å². The van der Waals surface area contributed by atoms with Gasteiger partial charge in [-0.3, -0.25) is 14.9 Å². The van der Waals surface area contributed by atoms with Crippen LogP contribution in [0.5, 0.6) is 5.75 Å². The summed E-state index contributed by atoms with van der Waals surface area (Å²) in [5.41, 5.74) is 0.765. The van der Waals surface area contributed by atoms with E-state index in [2.05, 4.69) is 25.8 Å². The maximum atomic E-state index is 13.4. The van der Waals surface area contributed by atoms with Crippen LogP contribution in [0.4, 0.5) is 14.6 Å². The molecule has 0 spiro atoms. The Bertz CT molecular complexity index is 1200. The lowest BCUT2D eigenvalue weighted by molar-refractivity contribution is 0.0949. The van der Waals surface area contributed by atoms with E-state index in [0.29, 0.717) is 34.6 Å². The van der Waals surface area contributed by atoms with Gasteiger partial charge < -0.3 is 15.4 Å². The number of halogens is 2. The molecule has 7 nitrogen and oxygen atoms in total. The van der Waals surface area contributed by atoms with E-state index < -0.39 is 17.3 Å². The highest BCUT2D eigenvalue weighted by Gasteiger charge is 2.28. The molecule has 9 heteroatoms. The van der Waals surface area contributed by atoms with E-state index in [1.54, 1.807) is 43.6 Å². The van der Waals surface area contributed by atoms with Gasteiger partial charge in [-0.1, -0.05) is 6.07 Å². The zero-order valence-electron chi connectivity index (χ0n) is 18.2. The van der Waals surface area contributed by atoms with Crippen LogP contribution in [-0.2, 0) is 6.54 Å². The van der Waals surface area contributed by atoms with Crippen LogP contribution in [0.25, 0.3) is 0 Å². The number of aromatic nitrogens is 2. The molecule has 3 aromatic rings. The molecular formula is C24H23F2N5O2. The second-order valence-corrected chi connectivity index (χ2v) is 7.95. The van der Waals surface area contributed by atoms with E-state index in [9.17, 15) is 13.6 Å². The first kappa shape index (κ1) is 22.2. The number of aromatic amines is 1. The number of hydrogen-bond donors (Lipinski definition) is 3. The van der Waals surface area contributed by atoms with Crippen molar-refractivity contribution in [2.45, 2.75) is 32.5 Å². The Balaban J connectivity index is 1.44. The van der Waals surface area contributed by atoms with Crippen molar-refractivity contribution in [1.82, 2.24) is 15.5 Å². The smallest absolute Gasteiger partial charge is 0.251 e. The van der Waals surface area contributed by atoms with Gasteiger partial charge in [-0.2, -0.15) is 5.10 Å². The summed E-state index contributed by atoms with van der Waals surface area (Å²) in [7, 11) is 0. The summed E-state index contributed by atoms with van der Waals surface area (Å²) in [5.74, 6) is 0.199. The number of H-pyrrole nitrogens is 1. The van der Waals surface area contributed by atoms with Crippen LogP contribution in [0, 0.1) is 18.6 Å². The minimum atomic E-state index is -0.691. The Morgan fingerprint density at radius 1 is 1.21 bits per heavy atom. The fourth-order valence-corrected chi connectivity index (χ4v) is 3.59. The molecule has 33 heavy (non-hydrogen) atoms. The van der Waals surface area contributed by atoms with Gasteiger partial charge in [-0.25, -0.2) is 8.78 Å². The maximum Gasteiger partial charge on any atom is 0.251 e. The minimum Gasteiger partial charge on any atom is -0.461 e. The lowest BCUT2D eigenvalue weighted by atomic mass is 10.0. The number of ether oxygens (including phenoxy) is 1. The van der Waals surface area contributed by atoms with Crippen LogP contribution in [0.15, 0.2) is 65.5 Å². The average molecular weight is 451 g/mol. The summed E-state index contributed by atoms with van der Waals surface area (Å²) in [5, 5.41) is 12.8. The number of hydrogen-bond acceptors (Lipinski definition) is 5. The van der Waals surface area contributed by atoms with E-state index in [1.807, 2.05) is 13.0 Å². The molecule has 0 fully saturated rings. The molecule has 170 valence electrons. The van der Waals surface area contributed by atoms with E-state index >= 15 is 0 Å². The number of nitrogens with zero attached hydrogens (tertiary/aromatic N) is 2. The van der Waals surface area contributed by atoms with Gasteiger partial charge in [-0.05, 0) is 55.8 Å². The van der Waals surface area contributed by atoms with E-state index in [0.717, 1.165) is 11.9 Å². The SMILES string of the molecule is Cc1c(OC2=CC=NC(C)(Nc3ccn[nH]3)C2)cccc1C(=O)NCc1cc(F)cc(F)c1. The predicted molar refractivity (Wildman–Crippen MR) is 121 cm³/mol. The van der Waals surface area contributed by atoms with Crippen molar-refractivity contribution in [2.24, 2.45) is 4.99 Å². The monoisotopic (exact) mass is 451 g/mol. The van der Waals surface area contributed by atoms with Crippen molar-refractivity contribution in [1.29, 1.82) is 0 Å². The van der Waals surface area contributed by atoms with Crippen LogP contribution in [0.3, 0.4) is 0 Å². The zero-order chi connectivity index (χ0) is 23.4. The highest BCUT2D eigenvalue weighted by molar-refractivity contribution is 5.96. The quantitative estimate of drug-likeness (QED) is 0.494. The molecule has 2 heterocycles. The summed E-state index contributed by atoms with van der Waals surface area (Å²) in [6, 6.07) is 10.1. The van der Waals surface area contributed by atoms with Gasteiger partial charge in [0.1, 0.15) is 34.6 Å². The predicted octanol–water partition coefficient (Wildman–Crippen LogP) is 4.49. The van der Waals surface area contributed by atoms with Crippen LogP contribution < -0.4 is 15.4 Å². The molecule has 0 saturated heterocycles. The molecule has 1 aliphatic rings. The van der Waals surface area contributed by atoms with Crippen molar-refractivity contribution in [3.8, 4) is 5.75 Å². The van der Waals surface area contributed by atoms with Gasteiger partial charge in [0.15, 0.2) is 0 Å². The zero-order valence-corrected chi connectivity index (χ0v) is 18.2. The summed E-state index contributed by atoms with van der Waals surface area (Å²) in [4.78, 5) is 17.2. The standard InChI is InChI=1S/C24H23F2N5O2/c1-15-20(23(32)27-14-16-10-17(25)12-18(26)11-16)4-3-5-21(15)33-19-6-8-28-24(2,13-19)30-22-7-9-29-31-22/h3-12H,13-14H2,1-2H3,(H,27,32)(H2,29,30,31). The lowest BCUT2D eigenvalue weighted by Gasteiger charge is -2.30. The number of benzene rings is 2. The number of anilines is 1. The number of carbonyl (C=O) groups excluding carboxylic acids is 1. The normalized spacial score (nSPS) is 17.4. The van der Waals surface area contributed by atoms with Crippen LogP contribution in [0.2, 0.25) is 0 Å². The van der Waals surface area contributed by atoms with Gasteiger partial charge in [0.05, 0.1) is 6.20 Å². The number of rotatable bonds is 7. The third-order valence-corrected chi connectivity index (χ3v) is 5.19. The Morgan fingerprint density at radius 2 is 2.00 bits per heavy atom. The Labute approximate surface area is 189 Å². The molecule has 0 bridgehead atoms. The molecule has 2 aromatic carbocycles. The third-order valence-electron chi connectivity index (χ3n) is 5.19. The second kappa shape index (κ2) is 9.23. The van der Waals surface area contributed by atoms with Gasteiger partial charge in [0.2, 0.25) is 0 Å². The Kier molecular flexibility index (Phi) is 6.21. The van der Waals surface area contributed by atoms with Crippen LogP contribution >= 0.6 is 0 Å². The van der Waals surface area contributed by atoms with Gasteiger partial charge >= 0.3 is 0 Å². The summed E-state index contributed by atoms with van der Waals surface area (Å²) < 4.78 is 32.9. The third kappa shape index (κ3) is 5.43. The molecule has 3 N–H and O–H groups in total. The van der Waals surface area contributed by atoms with Crippen LogP contribution in [-0.4, -0.2) is 28.0 Å². The molecule has 0 radical (unpaired) electrons. The molecule has 1 unspecified atom stereocenters. The molecule has 1 aliphatic heterocycles. The molecule has 1 amide bonds. The molecule has 4 rings (SSSR count). The number of aliphatic imine (C=N–C) groups is 1. The largest absolute Gasteiger partial charge is 0.461 e. The summed E-state index contributed by atoms with van der Waals surface area (Å²) >= 11 is 0. The number of allylic oxidation sites excluding steroid dienone is 1. The van der Waals surface area contributed by atoms with Crippen molar-refractivity contribution < 1.29 is 18.3 Å². The van der Waals surface area contributed by atoms with Gasteiger partial charge in [-0.15, -0.1) is 0 Å². The van der Waals surface area contributed by atoms with Crippen molar-refractivity contribution in [2.75, 3.05) is 5.32 Å². The van der Waals surface area contributed by atoms with Crippen molar-refractivity contribution in [3.63, 3.8) is 0 Å². The summed E-state index contributed by atoms with van der Waals surface area (Å²) in [6.07, 6.45) is 5.58. The topological polar surface area (TPSA) is 91.4 Å². The Hall–Kier alpha value is -4.01. The van der Waals surface area contributed by atoms with Gasteiger partial charge in [0.25, 0.3) is 5.91 Å². The maximum absolute atomic E-state index is 13.4. The highest BCUT2D eigenvalue weighted by Crippen LogP contribution is 2.30. The highest BCUT2D eigenvalue weighted by atomic mass is 19.1. The Morgan fingerprint density at radius 3 is 2.73 bits per heavy atom. The molecule has 1 atom stereocenters. The number of nitrogens with one attached hydrogen (secondary N) is 3. The molecule has 0 aliphatic carbocycles. The van der Waals surface area contributed by atoms with E-state index in [1.165, 1.54) is 12.1 Å². The van der Waals surface area contributed by atoms with Crippen molar-refractivity contribution in [3.05, 3.63) is 88.8 Å². The van der Waals surface area contributed by atoms with E-state index in [-0.39, 0.29) is 12.5 Å². The minimum absolute atomic E-state index is 0.00270. The first-order chi connectivity index (χ1) is 15.8. The van der Waals surface area contributed by atoms with Gasteiger partial charge in [0, 0.05) is 36.4 Å². The first-order valence-electron chi connectivity index (χ1n) is 10.3. The molecule has 1 aromatic heterocycles. The second-order valence-electron chi connectivity index (χ2n) is 7.95. The molecular weight excluding hydrogens is 428 g/mol. The fraction of sp³-hybridized carbons (Fsp3) is 0.208.